The summed E-state index contributed by atoms with van der Waals surface area (Å²) in [6.45, 7) is 0. The Hall–Kier alpha value is -0.900. The summed E-state index contributed by atoms with van der Waals surface area (Å²) in [5.74, 6) is 0. The Morgan fingerprint density at radius 2 is 1.38 bits per heavy atom. The molecule has 0 radical (unpaired) electrons. The molecule has 29 heavy (non-hydrogen) atoms. The molecule has 2 aromatic carbocycles. The van der Waals surface area contributed by atoms with Crippen LogP contribution in [-0.4, -0.2) is 5.11 Å². The van der Waals surface area contributed by atoms with E-state index >= 15 is 0 Å². The van der Waals surface area contributed by atoms with Crippen LogP contribution in [0.1, 0.15) is 81.8 Å². The zero-order valence-electron chi connectivity index (χ0n) is 17.2. The van der Waals surface area contributed by atoms with Crippen LogP contribution in [0.2, 0.25) is 0 Å². The van der Waals surface area contributed by atoms with Gasteiger partial charge in [0, 0.05) is 8.95 Å². The summed E-state index contributed by atoms with van der Waals surface area (Å²) >= 11 is 6.98. The number of aliphatic hydroxyl groups is 1. The first-order valence-electron chi connectivity index (χ1n) is 11.0. The van der Waals surface area contributed by atoms with Crippen molar-refractivity contribution >= 4 is 37.4 Å². The fraction of sp³-hybridized carbons (Fsp3) is 0.462. The van der Waals surface area contributed by atoms with E-state index in [0.29, 0.717) is 0 Å². The first-order valence-corrected chi connectivity index (χ1v) is 12.6. The standard InChI is InChI=1S/C13H17BrO.C13H15Br/c14-12-7-5-6-11(10-12)13(15)8-3-1-2-4-9-13;14-13-9-5-8-12(10-13)11-6-3-1-2-4-7-11/h5-7,10,15H,1-4,8-9H2;5-6,8-10H,1-4,7H2. The van der Waals surface area contributed by atoms with Gasteiger partial charge in [-0.05, 0) is 79.5 Å². The molecule has 0 heterocycles. The minimum absolute atomic E-state index is 0.583. The van der Waals surface area contributed by atoms with E-state index < -0.39 is 5.60 Å². The molecule has 4 rings (SSSR count). The molecular weight excluding hydrogens is 488 g/mol. The van der Waals surface area contributed by atoms with Crippen LogP contribution in [0.5, 0.6) is 0 Å². The summed E-state index contributed by atoms with van der Waals surface area (Å²) < 4.78 is 2.23. The zero-order valence-corrected chi connectivity index (χ0v) is 20.3. The van der Waals surface area contributed by atoms with Crippen molar-refractivity contribution in [1.82, 2.24) is 0 Å². The van der Waals surface area contributed by atoms with Crippen molar-refractivity contribution in [1.29, 1.82) is 0 Å². The minimum atomic E-state index is -0.583. The number of halogens is 2. The first-order chi connectivity index (χ1) is 14.1. The highest BCUT2D eigenvalue weighted by Crippen LogP contribution is 2.36. The molecule has 0 saturated heterocycles. The highest BCUT2D eigenvalue weighted by Gasteiger charge is 2.29. The molecule has 156 valence electrons. The second-order valence-corrected chi connectivity index (χ2v) is 10.1. The van der Waals surface area contributed by atoms with Gasteiger partial charge in [0.1, 0.15) is 0 Å². The van der Waals surface area contributed by atoms with Gasteiger partial charge < -0.3 is 5.11 Å². The molecule has 0 bridgehead atoms. The van der Waals surface area contributed by atoms with Crippen LogP contribution in [0.25, 0.3) is 5.57 Å². The predicted molar refractivity (Wildman–Crippen MR) is 131 cm³/mol. The maximum Gasteiger partial charge on any atom is 0.0897 e. The molecule has 0 spiro atoms. The second-order valence-electron chi connectivity index (χ2n) is 8.30. The van der Waals surface area contributed by atoms with Crippen LogP contribution in [0.15, 0.2) is 63.6 Å². The Balaban J connectivity index is 0.000000166. The molecule has 2 aliphatic carbocycles. The number of rotatable bonds is 2. The Bertz CT molecular complexity index is 804. The van der Waals surface area contributed by atoms with Crippen LogP contribution in [0.4, 0.5) is 0 Å². The van der Waals surface area contributed by atoms with Crippen LogP contribution < -0.4 is 0 Å². The Morgan fingerprint density at radius 1 is 0.724 bits per heavy atom. The van der Waals surface area contributed by atoms with Gasteiger partial charge in [-0.3, -0.25) is 0 Å². The van der Waals surface area contributed by atoms with E-state index in [9.17, 15) is 5.11 Å². The van der Waals surface area contributed by atoms with Crippen molar-refractivity contribution in [3.8, 4) is 0 Å². The predicted octanol–water partition coefficient (Wildman–Crippen LogP) is 8.79. The molecule has 0 aliphatic heterocycles. The van der Waals surface area contributed by atoms with E-state index in [4.69, 9.17) is 0 Å². The summed E-state index contributed by atoms with van der Waals surface area (Å²) in [6.07, 6.45) is 15.6. The van der Waals surface area contributed by atoms with E-state index in [-0.39, 0.29) is 0 Å². The van der Waals surface area contributed by atoms with Crippen LogP contribution >= 0.6 is 31.9 Å². The van der Waals surface area contributed by atoms with E-state index in [0.717, 1.165) is 35.7 Å². The topological polar surface area (TPSA) is 20.2 Å². The third-order valence-corrected chi connectivity index (χ3v) is 7.02. The highest BCUT2D eigenvalue weighted by molar-refractivity contribution is 9.10. The zero-order chi connectivity index (χ0) is 20.5. The maximum atomic E-state index is 10.6. The Morgan fingerprint density at radius 3 is 2.07 bits per heavy atom. The van der Waals surface area contributed by atoms with Crippen molar-refractivity contribution in [3.63, 3.8) is 0 Å². The van der Waals surface area contributed by atoms with Crippen LogP contribution in [-0.2, 0) is 5.60 Å². The van der Waals surface area contributed by atoms with E-state index in [1.165, 1.54) is 60.6 Å². The number of hydrogen-bond donors (Lipinski definition) is 1. The SMILES string of the molecule is Brc1cccc(C2=CCCCCC2)c1.OC1(c2cccc(Br)c2)CCCCCC1. The molecule has 1 nitrogen and oxygen atoms in total. The van der Waals surface area contributed by atoms with Gasteiger partial charge in [-0.1, -0.05) is 94.3 Å². The molecule has 1 saturated carbocycles. The minimum Gasteiger partial charge on any atom is -0.385 e. The summed E-state index contributed by atoms with van der Waals surface area (Å²) in [6, 6.07) is 16.7. The average molecular weight is 520 g/mol. The van der Waals surface area contributed by atoms with Gasteiger partial charge in [0.2, 0.25) is 0 Å². The van der Waals surface area contributed by atoms with Crippen molar-refractivity contribution in [2.75, 3.05) is 0 Å². The molecule has 1 fully saturated rings. The van der Waals surface area contributed by atoms with Crippen molar-refractivity contribution in [3.05, 3.63) is 74.7 Å². The molecule has 3 heteroatoms. The fourth-order valence-corrected chi connectivity index (χ4v) is 5.14. The van der Waals surface area contributed by atoms with Crippen molar-refractivity contribution < 1.29 is 5.11 Å². The molecule has 0 aromatic heterocycles. The van der Waals surface area contributed by atoms with Gasteiger partial charge in [0.05, 0.1) is 5.60 Å². The van der Waals surface area contributed by atoms with E-state index in [2.05, 4.69) is 62.2 Å². The third kappa shape index (κ3) is 7.08. The largest absolute Gasteiger partial charge is 0.385 e. The molecule has 1 N–H and O–H groups in total. The molecule has 2 aliphatic rings. The summed E-state index contributed by atoms with van der Waals surface area (Å²) in [5.41, 5.74) is 3.41. The second kappa shape index (κ2) is 11.5. The molecule has 0 unspecified atom stereocenters. The molecule has 2 aromatic rings. The number of hydrogen-bond acceptors (Lipinski definition) is 1. The fourth-order valence-electron chi connectivity index (χ4n) is 4.35. The maximum absolute atomic E-state index is 10.6. The van der Waals surface area contributed by atoms with Gasteiger partial charge >= 0.3 is 0 Å². The van der Waals surface area contributed by atoms with E-state index in [1.54, 1.807) is 0 Å². The monoisotopic (exact) mass is 518 g/mol. The van der Waals surface area contributed by atoms with Crippen molar-refractivity contribution in [2.24, 2.45) is 0 Å². The lowest BCUT2D eigenvalue weighted by Crippen LogP contribution is -2.24. The lowest BCUT2D eigenvalue weighted by molar-refractivity contribution is 0.0207. The van der Waals surface area contributed by atoms with Crippen LogP contribution in [0.3, 0.4) is 0 Å². The van der Waals surface area contributed by atoms with E-state index in [1.807, 2.05) is 24.3 Å². The summed E-state index contributed by atoms with van der Waals surface area (Å²) in [4.78, 5) is 0. The summed E-state index contributed by atoms with van der Waals surface area (Å²) in [7, 11) is 0. The third-order valence-electron chi connectivity index (χ3n) is 6.03. The normalized spacial score (nSPS) is 19.2. The van der Waals surface area contributed by atoms with Gasteiger partial charge in [-0.25, -0.2) is 0 Å². The highest BCUT2D eigenvalue weighted by atomic mass is 79.9. The quantitative estimate of drug-likeness (QED) is 0.393. The van der Waals surface area contributed by atoms with Gasteiger partial charge in [0.15, 0.2) is 0 Å². The number of benzene rings is 2. The Labute approximate surface area is 192 Å². The average Bonchev–Trinajstić information content (AvgIpc) is 3.12. The Kier molecular flexibility index (Phi) is 9.02. The lowest BCUT2D eigenvalue weighted by Gasteiger charge is -2.27. The van der Waals surface area contributed by atoms with Crippen molar-refractivity contribution in [2.45, 2.75) is 76.2 Å². The number of allylic oxidation sites excluding steroid dienone is 2. The smallest absolute Gasteiger partial charge is 0.0897 e. The van der Waals surface area contributed by atoms with Gasteiger partial charge in [-0.2, -0.15) is 0 Å². The summed E-state index contributed by atoms with van der Waals surface area (Å²) in [5, 5.41) is 10.6. The molecular formula is C26H32Br2O. The molecule has 0 amide bonds. The van der Waals surface area contributed by atoms with Gasteiger partial charge in [0.25, 0.3) is 0 Å². The lowest BCUT2D eigenvalue weighted by atomic mass is 9.87. The van der Waals surface area contributed by atoms with Gasteiger partial charge in [-0.15, -0.1) is 0 Å². The van der Waals surface area contributed by atoms with Crippen LogP contribution in [0, 0.1) is 0 Å². The molecule has 0 atom stereocenters. The first kappa shape index (κ1) is 22.8.